The molecule has 4 heteroatoms. The van der Waals surface area contributed by atoms with Crippen molar-refractivity contribution in [1.29, 1.82) is 0 Å². The Morgan fingerprint density at radius 2 is 2.07 bits per heavy atom. The Labute approximate surface area is 96.0 Å². The van der Waals surface area contributed by atoms with Gasteiger partial charge in [0.2, 0.25) is 0 Å². The van der Waals surface area contributed by atoms with Gasteiger partial charge in [-0.3, -0.25) is 4.79 Å². The molecule has 1 rings (SSSR count). The number of Topliss-reactive ketones (excluding diaryl/α,β-unsaturated/α-hetero) is 1. The summed E-state index contributed by atoms with van der Waals surface area (Å²) in [7, 11) is 0. The second-order valence-electron chi connectivity index (χ2n) is 2.98. The van der Waals surface area contributed by atoms with Crippen LogP contribution in [0.2, 0.25) is 0 Å². The zero-order valence-corrected chi connectivity index (χ0v) is 9.92. The van der Waals surface area contributed by atoms with Gasteiger partial charge in [0.15, 0.2) is 5.78 Å². The molecular weight excluding hydrogens is 267 g/mol. The fourth-order valence-corrected chi connectivity index (χ4v) is 1.75. The number of rotatable bonds is 3. The molecule has 0 saturated carbocycles. The van der Waals surface area contributed by atoms with E-state index in [9.17, 15) is 9.90 Å². The minimum Gasteiger partial charge on any atom is -0.386 e. The number of halogens is 2. The van der Waals surface area contributed by atoms with Crippen LogP contribution in [0.1, 0.15) is 18.6 Å². The molecule has 0 fully saturated rings. The van der Waals surface area contributed by atoms with Crippen molar-refractivity contribution in [2.75, 3.05) is 0 Å². The van der Waals surface area contributed by atoms with E-state index < -0.39 is 11.5 Å². The van der Waals surface area contributed by atoms with E-state index in [1.807, 2.05) is 6.07 Å². The van der Waals surface area contributed by atoms with E-state index in [4.69, 9.17) is 11.6 Å². The van der Waals surface area contributed by atoms with Crippen LogP contribution >= 0.6 is 27.5 Å². The van der Waals surface area contributed by atoms with Crippen LogP contribution in [0.5, 0.6) is 0 Å². The third-order valence-corrected chi connectivity index (χ3v) is 3.16. The molecule has 1 aromatic rings. The molecule has 0 aliphatic heterocycles. The van der Waals surface area contributed by atoms with Crippen molar-refractivity contribution in [1.82, 2.24) is 0 Å². The van der Waals surface area contributed by atoms with E-state index in [0.717, 1.165) is 4.47 Å². The molecular formula is C10H10BrClO2. The summed E-state index contributed by atoms with van der Waals surface area (Å²) in [5, 5.41) is 8.86. The summed E-state index contributed by atoms with van der Waals surface area (Å²) in [5.41, 5.74) is 0.628. The van der Waals surface area contributed by atoms with Gasteiger partial charge >= 0.3 is 0 Å². The van der Waals surface area contributed by atoms with Gasteiger partial charge in [0.05, 0.1) is 0 Å². The van der Waals surface area contributed by atoms with Gasteiger partial charge < -0.3 is 5.11 Å². The third kappa shape index (κ3) is 2.56. The van der Waals surface area contributed by atoms with Gasteiger partial charge in [-0.15, -0.1) is 11.6 Å². The monoisotopic (exact) mass is 276 g/mol. The first-order valence-corrected chi connectivity index (χ1v) is 5.34. The lowest BCUT2D eigenvalue weighted by molar-refractivity contribution is -0.118. The lowest BCUT2D eigenvalue weighted by Gasteiger charge is -2.15. The third-order valence-electron chi connectivity index (χ3n) is 1.89. The van der Waals surface area contributed by atoms with E-state index in [-0.39, 0.29) is 5.78 Å². The largest absolute Gasteiger partial charge is 0.386 e. The van der Waals surface area contributed by atoms with Crippen LogP contribution in [-0.2, 0) is 4.79 Å². The molecule has 0 aromatic heterocycles. The second kappa shape index (κ2) is 4.91. The topological polar surface area (TPSA) is 37.3 Å². The molecule has 0 aliphatic carbocycles. The van der Waals surface area contributed by atoms with Gasteiger partial charge in [0, 0.05) is 4.47 Å². The van der Waals surface area contributed by atoms with Crippen LogP contribution < -0.4 is 0 Å². The smallest absolute Gasteiger partial charge is 0.150 e. The zero-order valence-electron chi connectivity index (χ0n) is 7.58. The molecule has 0 radical (unpaired) electrons. The predicted octanol–water partition coefficient (Wildman–Crippen LogP) is 2.68. The Kier molecular flexibility index (Phi) is 4.11. The van der Waals surface area contributed by atoms with Gasteiger partial charge in [-0.2, -0.15) is 0 Å². The summed E-state index contributed by atoms with van der Waals surface area (Å²) in [6, 6.07) is 7.14. The Bertz CT molecular complexity index is 341. The average molecular weight is 278 g/mol. The molecule has 0 bridgehead atoms. The summed E-state index contributed by atoms with van der Waals surface area (Å²) in [4.78, 5) is 11.0. The van der Waals surface area contributed by atoms with E-state index in [1.54, 1.807) is 18.2 Å². The van der Waals surface area contributed by atoms with Crippen LogP contribution in [-0.4, -0.2) is 16.3 Å². The quantitative estimate of drug-likeness (QED) is 0.863. The molecule has 0 saturated heterocycles. The van der Waals surface area contributed by atoms with E-state index in [2.05, 4.69) is 15.9 Å². The number of alkyl halides is 1. The number of hydrogen-bond donors (Lipinski definition) is 1. The van der Waals surface area contributed by atoms with Gasteiger partial charge in [-0.1, -0.05) is 34.1 Å². The van der Waals surface area contributed by atoms with Crippen molar-refractivity contribution < 1.29 is 9.90 Å². The number of hydrogen-bond acceptors (Lipinski definition) is 2. The Morgan fingerprint density at radius 1 is 1.50 bits per heavy atom. The molecule has 0 aliphatic rings. The van der Waals surface area contributed by atoms with Gasteiger partial charge in [-0.05, 0) is 18.6 Å². The molecule has 76 valence electrons. The fraction of sp³-hybridized carbons (Fsp3) is 0.300. The van der Waals surface area contributed by atoms with Crippen molar-refractivity contribution in [3.63, 3.8) is 0 Å². The summed E-state index contributed by atoms with van der Waals surface area (Å²) in [5.74, 6) is -0.241. The molecule has 1 N–H and O–H groups in total. The van der Waals surface area contributed by atoms with Crippen LogP contribution in [0, 0.1) is 0 Å². The molecule has 0 unspecified atom stereocenters. The van der Waals surface area contributed by atoms with Crippen LogP contribution in [0.15, 0.2) is 28.7 Å². The molecule has 14 heavy (non-hydrogen) atoms. The molecule has 2 atom stereocenters. The Hall–Kier alpha value is -0.380. The van der Waals surface area contributed by atoms with Crippen molar-refractivity contribution in [2.24, 2.45) is 0 Å². The highest BCUT2D eigenvalue weighted by molar-refractivity contribution is 9.10. The number of aliphatic hydroxyl groups excluding tert-OH is 1. The maximum atomic E-state index is 11.0. The van der Waals surface area contributed by atoms with E-state index >= 15 is 0 Å². The Morgan fingerprint density at radius 3 is 2.57 bits per heavy atom. The standard InChI is InChI=1S/C10H10BrClO2/c1-6(13)9(12)10(14)7-4-2-3-5-8(7)11/h2-5,9-10,14H,1H3/t9-,10-/m0/s1. The second-order valence-corrected chi connectivity index (χ2v) is 4.30. The highest BCUT2D eigenvalue weighted by Gasteiger charge is 2.23. The van der Waals surface area contributed by atoms with Crippen molar-refractivity contribution in [3.8, 4) is 0 Å². The SMILES string of the molecule is CC(=O)[C@H](Cl)[C@@H](O)c1ccccc1Br. The predicted molar refractivity (Wildman–Crippen MR) is 59.4 cm³/mol. The van der Waals surface area contributed by atoms with Crippen LogP contribution in [0.4, 0.5) is 0 Å². The summed E-state index contributed by atoms with van der Waals surface area (Å²) >= 11 is 9.04. The minimum atomic E-state index is -0.968. The summed E-state index contributed by atoms with van der Waals surface area (Å²) in [6.07, 6.45) is -0.968. The van der Waals surface area contributed by atoms with Gasteiger partial charge in [-0.25, -0.2) is 0 Å². The van der Waals surface area contributed by atoms with E-state index in [0.29, 0.717) is 5.56 Å². The molecule has 2 nitrogen and oxygen atoms in total. The first kappa shape index (κ1) is 11.7. The van der Waals surface area contributed by atoms with Crippen LogP contribution in [0.25, 0.3) is 0 Å². The minimum absolute atomic E-state index is 0.241. The average Bonchev–Trinajstić information content (AvgIpc) is 2.16. The normalized spacial score (nSPS) is 14.9. The maximum absolute atomic E-state index is 11.0. The first-order chi connectivity index (χ1) is 6.54. The van der Waals surface area contributed by atoms with Crippen LogP contribution in [0.3, 0.4) is 0 Å². The van der Waals surface area contributed by atoms with Gasteiger partial charge in [0.1, 0.15) is 11.5 Å². The van der Waals surface area contributed by atoms with Gasteiger partial charge in [0.25, 0.3) is 0 Å². The molecule has 1 aromatic carbocycles. The first-order valence-electron chi connectivity index (χ1n) is 4.11. The lowest BCUT2D eigenvalue weighted by atomic mass is 10.0. The Balaban J connectivity index is 2.94. The molecule has 0 heterocycles. The van der Waals surface area contributed by atoms with Crippen molar-refractivity contribution >= 4 is 33.3 Å². The number of carbonyl (C=O) groups is 1. The van der Waals surface area contributed by atoms with Crippen molar-refractivity contribution in [3.05, 3.63) is 34.3 Å². The highest BCUT2D eigenvalue weighted by atomic mass is 79.9. The maximum Gasteiger partial charge on any atom is 0.150 e. The number of benzene rings is 1. The zero-order chi connectivity index (χ0) is 10.7. The summed E-state index contributed by atoms with van der Waals surface area (Å²) < 4.78 is 0.749. The number of aliphatic hydroxyl groups is 1. The molecule has 0 spiro atoms. The number of carbonyl (C=O) groups excluding carboxylic acids is 1. The molecule has 0 amide bonds. The lowest BCUT2D eigenvalue weighted by Crippen LogP contribution is -2.20. The fourth-order valence-electron chi connectivity index (χ4n) is 1.09. The van der Waals surface area contributed by atoms with E-state index in [1.165, 1.54) is 6.92 Å². The highest BCUT2D eigenvalue weighted by Crippen LogP contribution is 2.28. The summed E-state index contributed by atoms with van der Waals surface area (Å²) in [6.45, 7) is 1.36. The van der Waals surface area contributed by atoms with Crippen molar-refractivity contribution in [2.45, 2.75) is 18.4 Å². The number of ketones is 1.